The van der Waals surface area contributed by atoms with Gasteiger partial charge in [0.15, 0.2) is 0 Å². The fourth-order valence-electron chi connectivity index (χ4n) is 2.07. The lowest BCUT2D eigenvalue weighted by atomic mass is 10.1. The van der Waals surface area contributed by atoms with Gasteiger partial charge < -0.3 is 9.63 Å². The monoisotopic (exact) mass is 274 g/mol. The fourth-order valence-corrected chi connectivity index (χ4v) is 3.75. The summed E-state index contributed by atoms with van der Waals surface area (Å²) < 4.78 is 29.9. The van der Waals surface area contributed by atoms with E-state index in [1.807, 2.05) is 0 Å². The van der Waals surface area contributed by atoms with Crippen molar-refractivity contribution in [2.75, 3.05) is 6.54 Å². The molecular formula is C10H14N2O5S. The topological polar surface area (TPSA) is 101 Å². The SMILES string of the molecule is O=C(O)C1CCCCN1S(=O)(=O)Cc1ccon1. The summed E-state index contributed by atoms with van der Waals surface area (Å²) >= 11 is 0. The van der Waals surface area contributed by atoms with E-state index < -0.39 is 22.0 Å². The Hall–Kier alpha value is -1.41. The maximum atomic E-state index is 12.1. The summed E-state index contributed by atoms with van der Waals surface area (Å²) in [5, 5.41) is 12.6. The van der Waals surface area contributed by atoms with Crippen molar-refractivity contribution in [3.63, 3.8) is 0 Å². The Bertz CT molecular complexity index is 510. The summed E-state index contributed by atoms with van der Waals surface area (Å²) in [4.78, 5) is 11.1. The van der Waals surface area contributed by atoms with Crippen LogP contribution in [0, 0.1) is 0 Å². The van der Waals surface area contributed by atoms with Crippen LogP contribution in [-0.2, 0) is 20.6 Å². The number of carbonyl (C=O) groups is 1. The lowest BCUT2D eigenvalue weighted by molar-refractivity contribution is -0.142. The minimum absolute atomic E-state index is 0.247. The fraction of sp³-hybridized carbons (Fsp3) is 0.600. The lowest BCUT2D eigenvalue weighted by Gasteiger charge is -2.31. The maximum absolute atomic E-state index is 12.1. The Morgan fingerprint density at radius 2 is 2.33 bits per heavy atom. The number of hydrogen-bond donors (Lipinski definition) is 1. The molecule has 0 spiro atoms. The first kappa shape index (κ1) is 13.0. The normalized spacial score (nSPS) is 21.9. The largest absolute Gasteiger partial charge is 0.480 e. The summed E-state index contributed by atoms with van der Waals surface area (Å²) in [6.07, 6.45) is 3.05. The van der Waals surface area contributed by atoms with E-state index in [0.29, 0.717) is 12.8 Å². The molecule has 1 atom stereocenters. The van der Waals surface area contributed by atoms with E-state index in [1.165, 1.54) is 12.3 Å². The third-order valence-electron chi connectivity index (χ3n) is 2.92. The number of aliphatic carboxylic acids is 1. The average Bonchev–Trinajstić information content (AvgIpc) is 2.81. The lowest BCUT2D eigenvalue weighted by Crippen LogP contribution is -2.48. The zero-order valence-corrected chi connectivity index (χ0v) is 10.5. The molecule has 1 N–H and O–H groups in total. The molecule has 7 nitrogen and oxygen atoms in total. The van der Waals surface area contributed by atoms with Gasteiger partial charge in [0.25, 0.3) is 0 Å². The molecule has 0 saturated carbocycles. The van der Waals surface area contributed by atoms with Gasteiger partial charge in [-0.15, -0.1) is 0 Å². The number of aromatic nitrogens is 1. The van der Waals surface area contributed by atoms with Crippen LogP contribution in [0.3, 0.4) is 0 Å². The molecule has 2 heterocycles. The number of carboxylic acid groups (broad SMARTS) is 1. The molecule has 0 aromatic carbocycles. The van der Waals surface area contributed by atoms with Gasteiger partial charge in [-0.25, -0.2) is 8.42 Å². The van der Waals surface area contributed by atoms with E-state index in [4.69, 9.17) is 5.11 Å². The third kappa shape index (κ3) is 2.70. The summed E-state index contributed by atoms with van der Waals surface area (Å²) in [5.41, 5.74) is 0.282. The molecule has 1 aliphatic heterocycles. The van der Waals surface area contributed by atoms with Crippen LogP contribution in [0.4, 0.5) is 0 Å². The molecule has 100 valence electrons. The zero-order chi connectivity index (χ0) is 13.2. The van der Waals surface area contributed by atoms with Gasteiger partial charge in [-0.3, -0.25) is 4.79 Å². The minimum atomic E-state index is -3.67. The van der Waals surface area contributed by atoms with Crippen molar-refractivity contribution in [1.29, 1.82) is 0 Å². The van der Waals surface area contributed by atoms with Gasteiger partial charge in [0, 0.05) is 12.6 Å². The number of sulfonamides is 1. The standard InChI is InChI=1S/C10H14N2O5S/c13-10(14)9-3-1-2-5-12(9)18(15,16)7-8-4-6-17-11-8/h4,6,9H,1-3,5,7H2,(H,13,14). The van der Waals surface area contributed by atoms with Crippen molar-refractivity contribution in [2.24, 2.45) is 0 Å². The van der Waals surface area contributed by atoms with E-state index in [9.17, 15) is 13.2 Å². The Morgan fingerprint density at radius 1 is 1.56 bits per heavy atom. The highest BCUT2D eigenvalue weighted by atomic mass is 32.2. The molecule has 1 aromatic rings. The van der Waals surface area contributed by atoms with Crippen LogP contribution in [-0.4, -0.2) is 41.5 Å². The molecule has 18 heavy (non-hydrogen) atoms. The number of nitrogens with zero attached hydrogens (tertiary/aromatic N) is 2. The molecule has 1 unspecified atom stereocenters. The summed E-state index contributed by atoms with van der Waals surface area (Å²) in [6.45, 7) is 0.247. The van der Waals surface area contributed by atoms with E-state index in [1.54, 1.807) is 0 Å². The first-order valence-electron chi connectivity index (χ1n) is 5.62. The molecular weight excluding hydrogens is 260 g/mol. The Morgan fingerprint density at radius 3 is 2.94 bits per heavy atom. The van der Waals surface area contributed by atoms with E-state index in [0.717, 1.165) is 10.7 Å². The Kier molecular flexibility index (Phi) is 3.67. The second kappa shape index (κ2) is 5.07. The molecule has 0 amide bonds. The first-order chi connectivity index (χ1) is 8.50. The minimum Gasteiger partial charge on any atom is -0.480 e. The molecule has 0 aliphatic carbocycles. The van der Waals surface area contributed by atoms with Crippen molar-refractivity contribution in [2.45, 2.75) is 31.1 Å². The van der Waals surface area contributed by atoms with Crippen LogP contribution in [0.2, 0.25) is 0 Å². The van der Waals surface area contributed by atoms with Crippen molar-refractivity contribution in [3.8, 4) is 0 Å². The average molecular weight is 274 g/mol. The summed E-state index contributed by atoms with van der Waals surface area (Å²) in [6, 6.07) is 0.493. The summed E-state index contributed by atoms with van der Waals surface area (Å²) in [5.74, 6) is -1.42. The second-order valence-corrected chi connectivity index (χ2v) is 6.13. The van der Waals surface area contributed by atoms with Gasteiger partial charge in [0.1, 0.15) is 18.1 Å². The molecule has 1 aliphatic rings. The number of carboxylic acids is 1. The first-order valence-corrected chi connectivity index (χ1v) is 7.23. The molecule has 1 saturated heterocycles. The number of piperidine rings is 1. The predicted molar refractivity (Wildman–Crippen MR) is 61.1 cm³/mol. The molecule has 0 radical (unpaired) electrons. The van der Waals surface area contributed by atoms with Gasteiger partial charge in [-0.1, -0.05) is 5.16 Å². The Labute approximate surface area is 104 Å². The van der Waals surface area contributed by atoms with E-state index in [2.05, 4.69) is 9.68 Å². The maximum Gasteiger partial charge on any atom is 0.322 e. The summed E-state index contributed by atoms with van der Waals surface area (Å²) in [7, 11) is -3.67. The molecule has 0 bridgehead atoms. The predicted octanol–water partition coefficient (Wildman–Crippen LogP) is 0.443. The van der Waals surface area contributed by atoms with Gasteiger partial charge in [0.2, 0.25) is 10.0 Å². The van der Waals surface area contributed by atoms with Crippen LogP contribution >= 0.6 is 0 Å². The zero-order valence-electron chi connectivity index (χ0n) is 9.65. The van der Waals surface area contributed by atoms with Gasteiger partial charge >= 0.3 is 5.97 Å². The quantitative estimate of drug-likeness (QED) is 0.855. The van der Waals surface area contributed by atoms with Crippen LogP contribution in [0.1, 0.15) is 25.0 Å². The third-order valence-corrected chi connectivity index (χ3v) is 4.73. The Balaban J connectivity index is 2.19. The van der Waals surface area contributed by atoms with E-state index in [-0.39, 0.29) is 18.0 Å². The van der Waals surface area contributed by atoms with Crippen molar-refractivity contribution < 1.29 is 22.8 Å². The number of hydrogen-bond acceptors (Lipinski definition) is 5. The molecule has 2 rings (SSSR count). The molecule has 1 aromatic heterocycles. The van der Waals surface area contributed by atoms with Crippen molar-refractivity contribution >= 4 is 16.0 Å². The second-order valence-electron chi connectivity index (χ2n) is 4.21. The van der Waals surface area contributed by atoms with Crippen LogP contribution in [0.5, 0.6) is 0 Å². The van der Waals surface area contributed by atoms with Crippen LogP contribution < -0.4 is 0 Å². The van der Waals surface area contributed by atoms with Crippen molar-refractivity contribution in [3.05, 3.63) is 18.0 Å². The highest BCUT2D eigenvalue weighted by Gasteiger charge is 2.36. The van der Waals surface area contributed by atoms with Gasteiger partial charge in [0.05, 0.1) is 5.69 Å². The van der Waals surface area contributed by atoms with Gasteiger partial charge in [-0.05, 0) is 19.3 Å². The number of rotatable bonds is 4. The van der Waals surface area contributed by atoms with E-state index >= 15 is 0 Å². The smallest absolute Gasteiger partial charge is 0.322 e. The molecule has 1 fully saturated rings. The highest BCUT2D eigenvalue weighted by Crippen LogP contribution is 2.22. The highest BCUT2D eigenvalue weighted by molar-refractivity contribution is 7.88. The van der Waals surface area contributed by atoms with Gasteiger partial charge in [-0.2, -0.15) is 4.31 Å². The van der Waals surface area contributed by atoms with Crippen molar-refractivity contribution in [1.82, 2.24) is 9.46 Å². The molecule has 8 heteroatoms. The van der Waals surface area contributed by atoms with Crippen LogP contribution in [0.15, 0.2) is 16.9 Å². The van der Waals surface area contributed by atoms with Crippen LogP contribution in [0.25, 0.3) is 0 Å².